The summed E-state index contributed by atoms with van der Waals surface area (Å²) < 4.78 is 35.4. The first kappa shape index (κ1) is 18.7. The zero-order chi connectivity index (χ0) is 16.9. The van der Waals surface area contributed by atoms with Gasteiger partial charge in [-0.05, 0) is 12.1 Å². The summed E-state index contributed by atoms with van der Waals surface area (Å²) in [6.45, 7) is -0.179. The van der Waals surface area contributed by atoms with Crippen molar-refractivity contribution >= 4 is 45.2 Å². The molecule has 0 saturated carbocycles. The lowest BCUT2D eigenvalue weighted by atomic mass is 10.2. The van der Waals surface area contributed by atoms with Gasteiger partial charge >= 0.3 is 11.9 Å². The first-order valence-corrected chi connectivity index (χ1v) is 8.10. The molecule has 22 heavy (non-hydrogen) atoms. The maximum Gasteiger partial charge on any atom is 0.339 e. The van der Waals surface area contributed by atoms with Gasteiger partial charge in [-0.15, -0.1) is 0 Å². The first-order valence-electron chi connectivity index (χ1n) is 5.86. The SMILES string of the molecule is COC(=O)CCNS(=O)(=O)c1cc(C(=O)OC)c(Cl)cc1Cl. The van der Waals surface area contributed by atoms with E-state index in [9.17, 15) is 18.0 Å². The number of hydrogen-bond donors (Lipinski definition) is 1. The first-order chi connectivity index (χ1) is 10.2. The molecular formula is C12H13Cl2NO6S. The molecule has 0 bridgehead atoms. The average Bonchev–Trinajstić information content (AvgIpc) is 2.45. The number of hydrogen-bond acceptors (Lipinski definition) is 6. The van der Waals surface area contributed by atoms with Crippen molar-refractivity contribution in [3.63, 3.8) is 0 Å². The van der Waals surface area contributed by atoms with Gasteiger partial charge in [0.15, 0.2) is 0 Å². The molecule has 122 valence electrons. The summed E-state index contributed by atoms with van der Waals surface area (Å²) >= 11 is 11.7. The Morgan fingerprint density at radius 1 is 1.14 bits per heavy atom. The lowest BCUT2D eigenvalue weighted by molar-refractivity contribution is -0.140. The standard InChI is InChI=1S/C12H13Cl2NO6S/c1-20-11(16)3-4-15-22(18,19)10-5-7(12(17)21-2)8(13)6-9(10)14/h5-6,15H,3-4H2,1-2H3. The van der Waals surface area contributed by atoms with Crippen molar-refractivity contribution in [1.82, 2.24) is 4.72 Å². The zero-order valence-electron chi connectivity index (χ0n) is 11.7. The molecule has 1 rings (SSSR count). The van der Waals surface area contributed by atoms with Crippen LogP contribution >= 0.6 is 23.2 Å². The largest absolute Gasteiger partial charge is 0.469 e. The van der Waals surface area contributed by atoms with Gasteiger partial charge in [-0.1, -0.05) is 23.2 Å². The van der Waals surface area contributed by atoms with Gasteiger partial charge in [0.2, 0.25) is 10.0 Å². The molecule has 0 radical (unpaired) electrons. The van der Waals surface area contributed by atoms with Crippen LogP contribution in [0, 0.1) is 0 Å². The Bertz CT molecular complexity index is 689. The van der Waals surface area contributed by atoms with Gasteiger partial charge < -0.3 is 9.47 Å². The number of rotatable bonds is 6. The third-order valence-corrected chi connectivity index (χ3v) is 4.80. The summed E-state index contributed by atoms with van der Waals surface area (Å²) in [4.78, 5) is 22.2. The second kappa shape index (κ2) is 7.77. The molecule has 0 amide bonds. The zero-order valence-corrected chi connectivity index (χ0v) is 14.0. The number of halogens is 2. The summed E-state index contributed by atoms with van der Waals surface area (Å²) in [7, 11) is -1.71. The number of carbonyl (C=O) groups is 2. The van der Waals surface area contributed by atoms with Crippen LogP contribution in [0.4, 0.5) is 0 Å². The molecule has 7 nitrogen and oxygen atoms in total. The van der Waals surface area contributed by atoms with Crippen LogP contribution in [0.25, 0.3) is 0 Å². The Morgan fingerprint density at radius 2 is 1.77 bits per heavy atom. The van der Waals surface area contributed by atoms with Crippen LogP contribution in [-0.4, -0.2) is 41.1 Å². The highest BCUT2D eigenvalue weighted by Gasteiger charge is 2.23. The molecule has 1 aromatic carbocycles. The van der Waals surface area contributed by atoms with Crippen molar-refractivity contribution in [2.24, 2.45) is 0 Å². The molecule has 0 aliphatic carbocycles. The lowest BCUT2D eigenvalue weighted by Gasteiger charge is -2.10. The second-order valence-electron chi connectivity index (χ2n) is 3.98. The number of methoxy groups -OCH3 is 2. The van der Waals surface area contributed by atoms with E-state index in [2.05, 4.69) is 14.2 Å². The molecule has 10 heteroatoms. The Morgan fingerprint density at radius 3 is 2.32 bits per heavy atom. The van der Waals surface area contributed by atoms with Gasteiger partial charge in [0.1, 0.15) is 4.90 Å². The Balaban J connectivity index is 3.08. The van der Waals surface area contributed by atoms with Crippen LogP contribution in [0.1, 0.15) is 16.8 Å². The van der Waals surface area contributed by atoms with Crippen molar-refractivity contribution in [2.45, 2.75) is 11.3 Å². The second-order valence-corrected chi connectivity index (χ2v) is 6.53. The van der Waals surface area contributed by atoms with E-state index in [0.29, 0.717) is 0 Å². The number of carbonyl (C=O) groups excluding carboxylic acids is 2. The molecule has 0 aromatic heterocycles. The maximum absolute atomic E-state index is 12.2. The number of nitrogens with one attached hydrogen (secondary N) is 1. The van der Waals surface area contributed by atoms with Crippen molar-refractivity contribution in [2.75, 3.05) is 20.8 Å². The molecule has 0 heterocycles. The highest BCUT2D eigenvalue weighted by Crippen LogP contribution is 2.29. The molecular weight excluding hydrogens is 357 g/mol. The van der Waals surface area contributed by atoms with Crippen LogP contribution in [0.15, 0.2) is 17.0 Å². The van der Waals surface area contributed by atoms with E-state index in [1.54, 1.807) is 0 Å². The van der Waals surface area contributed by atoms with Crippen molar-refractivity contribution in [1.29, 1.82) is 0 Å². The van der Waals surface area contributed by atoms with Gasteiger partial charge in [0.25, 0.3) is 0 Å². The highest BCUT2D eigenvalue weighted by atomic mass is 35.5. The third-order valence-electron chi connectivity index (χ3n) is 2.57. The number of benzene rings is 1. The van der Waals surface area contributed by atoms with Crippen LogP contribution in [0.3, 0.4) is 0 Å². The number of esters is 2. The molecule has 0 aliphatic heterocycles. The minimum Gasteiger partial charge on any atom is -0.469 e. The van der Waals surface area contributed by atoms with Crippen LogP contribution in [0.5, 0.6) is 0 Å². The van der Waals surface area contributed by atoms with E-state index >= 15 is 0 Å². The molecule has 0 saturated heterocycles. The van der Waals surface area contributed by atoms with Crippen molar-refractivity contribution in [3.8, 4) is 0 Å². The Kier molecular flexibility index (Phi) is 6.61. The van der Waals surface area contributed by atoms with E-state index in [0.717, 1.165) is 19.2 Å². The van der Waals surface area contributed by atoms with E-state index in [-0.39, 0.29) is 33.5 Å². The highest BCUT2D eigenvalue weighted by molar-refractivity contribution is 7.89. The Hall–Kier alpha value is -1.35. The smallest absolute Gasteiger partial charge is 0.339 e. The van der Waals surface area contributed by atoms with Crippen LogP contribution in [0.2, 0.25) is 10.0 Å². The molecule has 0 atom stereocenters. The fourth-order valence-corrected chi connectivity index (χ4v) is 3.35. The summed E-state index contributed by atoms with van der Waals surface area (Å²) in [5, 5.41) is -0.200. The van der Waals surface area contributed by atoms with Gasteiger partial charge in [-0.25, -0.2) is 17.9 Å². The third kappa shape index (κ3) is 4.57. The van der Waals surface area contributed by atoms with Crippen LogP contribution in [-0.2, 0) is 24.3 Å². The monoisotopic (exact) mass is 369 g/mol. The molecule has 0 unspecified atom stereocenters. The predicted octanol–water partition coefficient (Wildman–Crippen LogP) is 1.62. The maximum atomic E-state index is 12.2. The van der Waals surface area contributed by atoms with E-state index < -0.39 is 22.0 Å². The normalized spacial score (nSPS) is 11.1. The van der Waals surface area contributed by atoms with Gasteiger partial charge in [-0.3, -0.25) is 4.79 Å². The van der Waals surface area contributed by atoms with E-state index in [1.165, 1.54) is 7.11 Å². The fourth-order valence-electron chi connectivity index (χ4n) is 1.47. The van der Waals surface area contributed by atoms with Crippen LogP contribution < -0.4 is 4.72 Å². The summed E-state index contributed by atoms with van der Waals surface area (Å²) in [5.74, 6) is -1.37. The minimum absolute atomic E-state index is 0.0367. The van der Waals surface area contributed by atoms with Gasteiger partial charge in [0.05, 0.1) is 36.2 Å². The summed E-state index contributed by atoms with van der Waals surface area (Å²) in [6.07, 6.45) is -0.148. The molecule has 1 aromatic rings. The predicted molar refractivity (Wildman–Crippen MR) is 79.6 cm³/mol. The minimum atomic E-state index is -4.03. The molecule has 0 aliphatic rings. The molecule has 0 fully saturated rings. The topological polar surface area (TPSA) is 98.8 Å². The number of sulfonamides is 1. The summed E-state index contributed by atoms with van der Waals surface area (Å²) in [5.41, 5.74) is -0.137. The van der Waals surface area contributed by atoms with E-state index in [4.69, 9.17) is 23.2 Å². The quantitative estimate of drug-likeness (QED) is 0.764. The number of ether oxygens (including phenoxy) is 2. The summed E-state index contributed by atoms with van der Waals surface area (Å²) in [6, 6.07) is 2.14. The van der Waals surface area contributed by atoms with Crippen molar-refractivity contribution in [3.05, 3.63) is 27.7 Å². The van der Waals surface area contributed by atoms with Crippen molar-refractivity contribution < 1.29 is 27.5 Å². The fraction of sp³-hybridized carbons (Fsp3) is 0.333. The Labute approximate surface area is 137 Å². The molecule has 0 spiro atoms. The van der Waals surface area contributed by atoms with E-state index in [1.807, 2.05) is 0 Å². The van der Waals surface area contributed by atoms with Gasteiger partial charge in [-0.2, -0.15) is 0 Å². The van der Waals surface area contributed by atoms with Gasteiger partial charge in [0, 0.05) is 6.54 Å². The average molecular weight is 370 g/mol. The molecule has 1 N–H and O–H groups in total. The lowest BCUT2D eigenvalue weighted by Crippen LogP contribution is -2.27.